The van der Waals surface area contributed by atoms with Crippen molar-refractivity contribution in [2.45, 2.75) is 6.54 Å². The van der Waals surface area contributed by atoms with Crippen LogP contribution in [-0.2, 0) is 6.54 Å². The van der Waals surface area contributed by atoms with Crippen LogP contribution in [0.25, 0.3) is 0 Å². The Labute approximate surface area is 141 Å². The molecule has 0 bridgehead atoms. The van der Waals surface area contributed by atoms with Gasteiger partial charge in [-0.3, -0.25) is 9.78 Å². The molecule has 3 aromatic rings. The van der Waals surface area contributed by atoms with Crippen LogP contribution in [0.15, 0.2) is 49.1 Å². The van der Waals surface area contributed by atoms with Gasteiger partial charge in [0.2, 0.25) is 0 Å². The van der Waals surface area contributed by atoms with Gasteiger partial charge in [-0.1, -0.05) is 6.07 Å². The highest BCUT2D eigenvalue weighted by molar-refractivity contribution is 6.04. The van der Waals surface area contributed by atoms with E-state index < -0.39 is 23.1 Å². The second-order valence-corrected chi connectivity index (χ2v) is 5.12. The summed E-state index contributed by atoms with van der Waals surface area (Å²) in [6.07, 6.45) is 4.65. The van der Waals surface area contributed by atoms with Crippen molar-refractivity contribution >= 4 is 11.7 Å². The van der Waals surface area contributed by atoms with E-state index in [0.717, 1.165) is 23.8 Å². The Balaban J connectivity index is 1.85. The fourth-order valence-corrected chi connectivity index (χ4v) is 2.25. The van der Waals surface area contributed by atoms with Gasteiger partial charge >= 0.3 is 0 Å². The minimum atomic E-state index is -0.889. The third-order valence-electron chi connectivity index (χ3n) is 3.42. The van der Waals surface area contributed by atoms with E-state index in [4.69, 9.17) is 0 Å². The van der Waals surface area contributed by atoms with Crippen LogP contribution in [0.1, 0.15) is 21.6 Å². The number of amides is 1. The molecule has 0 unspecified atom stereocenters. The average molecular weight is 339 g/mol. The predicted octanol–water partition coefficient (Wildman–Crippen LogP) is 2.73. The molecule has 25 heavy (non-hydrogen) atoms. The lowest BCUT2D eigenvalue weighted by molar-refractivity contribution is 0.102. The summed E-state index contributed by atoms with van der Waals surface area (Å²) >= 11 is 0. The Hall–Kier alpha value is -3.60. The predicted molar refractivity (Wildman–Crippen MR) is 84.6 cm³/mol. The maximum Gasteiger partial charge on any atom is 0.259 e. The minimum absolute atomic E-state index is 0.0277. The molecule has 3 rings (SSSR count). The maximum absolute atomic E-state index is 13.7. The Kier molecular flexibility index (Phi) is 4.48. The van der Waals surface area contributed by atoms with Gasteiger partial charge in [0.25, 0.3) is 5.91 Å². The van der Waals surface area contributed by atoms with E-state index in [-0.39, 0.29) is 11.5 Å². The second kappa shape index (κ2) is 6.88. The Bertz CT molecular complexity index is 963. The molecule has 2 heterocycles. The number of hydrogen-bond donors (Lipinski definition) is 1. The van der Waals surface area contributed by atoms with E-state index in [1.165, 1.54) is 10.9 Å². The number of rotatable bonds is 4. The highest BCUT2D eigenvalue weighted by Crippen LogP contribution is 2.17. The van der Waals surface area contributed by atoms with E-state index in [1.807, 2.05) is 12.1 Å². The summed E-state index contributed by atoms with van der Waals surface area (Å²) < 4.78 is 28.4. The molecule has 1 N–H and O–H groups in total. The zero-order valence-electron chi connectivity index (χ0n) is 12.8. The topological polar surface area (TPSA) is 83.6 Å². The first-order valence-corrected chi connectivity index (χ1v) is 7.19. The molecule has 0 aliphatic carbocycles. The van der Waals surface area contributed by atoms with Crippen LogP contribution in [0, 0.1) is 23.0 Å². The largest absolute Gasteiger partial charge is 0.316 e. The van der Waals surface area contributed by atoms with Crippen molar-refractivity contribution < 1.29 is 13.6 Å². The van der Waals surface area contributed by atoms with Crippen LogP contribution in [-0.4, -0.2) is 20.4 Å². The molecule has 0 atom stereocenters. The fourth-order valence-electron chi connectivity index (χ4n) is 2.25. The van der Waals surface area contributed by atoms with E-state index >= 15 is 0 Å². The van der Waals surface area contributed by atoms with E-state index in [1.54, 1.807) is 18.5 Å². The molecule has 6 nitrogen and oxygen atoms in total. The van der Waals surface area contributed by atoms with Crippen LogP contribution in [0.5, 0.6) is 0 Å². The molecule has 2 aromatic heterocycles. The van der Waals surface area contributed by atoms with Gasteiger partial charge in [-0.25, -0.2) is 13.8 Å². The molecular formula is C17H11F2N5O. The van der Waals surface area contributed by atoms with Gasteiger partial charge in [-0.2, -0.15) is 5.26 Å². The zero-order chi connectivity index (χ0) is 17.8. The van der Waals surface area contributed by atoms with Crippen molar-refractivity contribution in [3.8, 4) is 6.07 Å². The second-order valence-electron chi connectivity index (χ2n) is 5.12. The molecule has 1 amide bonds. The monoisotopic (exact) mass is 339 g/mol. The third-order valence-corrected chi connectivity index (χ3v) is 3.42. The van der Waals surface area contributed by atoms with Gasteiger partial charge in [0.1, 0.15) is 17.7 Å². The number of imidazole rings is 1. The Morgan fingerprint density at radius 1 is 1.32 bits per heavy atom. The lowest BCUT2D eigenvalue weighted by Crippen LogP contribution is -2.15. The highest BCUT2D eigenvalue weighted by atomic mass is 19.1. The Morgan fingerprint density at radius 3 is 2.88 bits per heavy atom. The van der Waals surface area contributed by atoms with Crippen LogP contribution >= 0.6 is 0 Å². The number of pyridine rings is 1. The first kappa shape index (κ1) is 16.3. The average Bonchev–Trinajstić information content (AvgIpc) is 2.99. The number of carbonyl (C=O) groups is 1. The summed E-state index contributed by atoms with van der Waals surface area (Å²) in [5.74, 6) is -2.53. The molecule has 0 radical (unpaired) electrons. The lowest BCUT2D eigenvalue weighted by atomic mass is 10.2. The number of halogens is 2. The quantitative estimate of drug-likeness (QED) is 0.792. The van der Waals surface area contributed by atoms with Gasteiger partial charge in [-0.05, 0) is 29.8 Å². The number of nitrogens with one attached hydrogen (secondary N) is 1. The molecule has 0 saturated carbocycles. The van der Waals surface area contributed by atoms with Crippen LogP contribution in [0.4, 0.5) is 14.6 Å². The van der Waals surface area contributed by atoms with Crippen LogP contribution < -0.4 is 5.32 Å². The molecule has 1 aromatic carbocycles. The molecule has 0 spiro atoms. The van der Waals surface area contributed by atoms with Gasteiger partial charge in [0.15, 0.2) is 11.5 Å². The van der Waals surface area contributed by atoms with E-state index in [9.17, 15) is 18.8 Å². The number of nitrogens with zero attached hydrogens (tertiary/aromatic N) is 4. The molecule has 0 fully saturated rings. The maximum atomic E-state index is 13.7. The zero-order valence-corrected chi connectivity index (χ0v) is 12.8. The first-order chi connectivity index (χ1) is 12.1. The van der Waals surface area contributed by atoms with Crippen molar-refractivity contribution in [3.05, 3.63) is 77.5 Å². The number of anilines is 1. The summed E-state index contributed by atoms with van der Waals surface area (Å²) in [6.45, 7) is 0.327. The van der Waals surface area contributed by atoms with Crippen molar-refractivity contribution in [1.29, 1.82) is 5.26 Å². The molecule has 8 heteroatoms. The van der Waals surface area contributed by atoms with Crippen LogP contribution in [0.2, 0.25) is 0 Å². The molecular weight excluding hydrogens is 328 g/mol. The first-order valence-electron chi connectivity index (χ1n) is 7.19. The summed E-state index contributed by atoms with van der Waals surface area (Å²) in [6, 6.07) is 8.08. The third kappa shape index (κ3) is 3.50. The van der Waals surface area contributed by atoms with Gasteiger partial charge in [0, 0.05) is 12.4 Å². The van der Waals surface area contributed by atoms with E-state index in [2.05, 4.69) is 15.3 Å². The molecule has 124 valence electrons. The smallest absolute Gasteiger partial charge is 0.259 e. The molecule has 0 aliphatic rings. The van der Waals surface area contributed by atoms with Crippen molar-refractivity contribution in [2.24, 2.45) is 0 Å². The number of hydrogen-bond acceptors (Lipinski definition) is 4. The number of carbonyl (C=O) groups excluding carboxylic acids is 1. The summed E-state index contributed by atoms with van der Waals surface area (Å²) in [4.78, 5) is 20.1. The molecule has 0 aliphatic heterocycles. The number of nitriles is 1. The fraction of sp³-hybridized carbons (Fsp3) is 0.0588. The van der Waals surface area contributed by atoms with Crippen molar-refractivity contribution in [2.75, 3.05) is 5.32 Å². The SMILES string of the molecule is N#Cc1c(NC(=O)c2cc(F)ccc2F)ncn1Cc1cccnc1. The lowest BCUT2D eigenvalue weighted by Gasteiger charge is -2.06. The standard InChI is InChI=1S/C17H11F2N5O/c18-12-3-4-14(19)13(6-12)17(25)23-16-15(7-20)24(10-22-16)9-11-2-1-5-21-8-11/h1-6,8,10H,9H2,(H,23,25). The summed E-state index contributed by atoms with van der Waals surface area (Å²) in [7, 11) is 0. The van der Waals surface area contributed by atoms with Crippen LogP contribution in [0.3, 0.4) is 0 Å². The van der Waals surface area contributed by atoms with Gasteiger partial charge in [-0.15, -0.1) is 0 Å². The highest BCUT2D eigenvalue weighted by Gasteiger charge is 2.18. The van der Waals surface area contributed by atoms with Crippen molar-refractivity contribution in [3.63, 3.8) is 0 Å². The van der Waals surface area contributed by atoms with Gasteiger partial charge < -0.3 is 9.88 Å². The Morgan fingerprint density at radius 2 is 2.16 bits per heavy atom. The van der Waals surface area contributed by atoms with Gasteiger partial charge in [0.05, 0.1) is 18.4 Å². The minimum Gasteiger partial charge on any atom is -0.316 e. The number of aromatic nitrogens is 3. The number of benzene rings is 1. The molecule has 0 saturated heterocycles. The summed E-state index contributed by atoms with van der Waals surface area (Å²) in [5, 5.41) is 11.7. The van der Waals surface area contributed by atoms with E-state index in [0.29, 0.717) is 6.54 Å². The summed E-state index contributed by atoms with van der Waals surface area (Å²) in [5.41, 5.74) is 0.463. The van der Waals surface area contributed by atoms with Crippen molar-refractivity contribution in [1.82, 2.24) is 14.5 Å². The normalized spacial score (nSPS) is 10.3.